The van der Waals surface area contributed by atoms with Crippen LogP contribution in [0.5, 0.6) is 0 Å². The van der Waals surface area contributed by atoms with E-state index in [1.54, 1.807) is 12.1 Å². The van der Waals surface area contributed by atoms with Crippen LogP contribution in [0.3, 0.4) is 0 Å². The predicted octanol–water partition coefficient (Wildman–Crippen LogP) is 3.95. The van der Waals surface area contributed by atoms with Gasteiger partial charge in [0.2, 0.25) is 5.91 Å². The first kappa shape index (κ1) is 14.5. The number of hydrogen-bond donors (Lipinski definition) is 2. The Labute approximate surface area is 125 Å². The number of benzene rings is 2. The summed E-state index contributed by atoms with van der Waals surface area (Å²) in [7, 11) is 0. The van der Waals surface area contributed by atoms with Crippen molar-refractivity contribution in [2.75, 3.05) is 17.2 Å². The Balaban J connectivity index is 1.94. The summed E-state index contributed by atoms with van der Waals surface area (Å²) in [6.07, 6.45) is 0. The molecule has 0 aromatic heterocycles. The van der Waals surface area contributed by atoms with Crippen LogP contribution in [0, 0.1) is 12.7 Å². The fraction of sp³-hybridized carbons (Fsp3) is 0.133. The van der Waals surface area contributed by atoms with E-state index in [-0.39, 0.29) is 18.3 Å². The smallest absolute Gasteiger partial charge is 0.243 e. The summed E-state index contributed by atoms with van der Waals surface area (Å²) in [5.41, 5.74) is 2.39. The third-order valence-electron chi connectivity index (χ3n) is 2.67. The third kappa shape index (κ3) is 4.06. The van der Waals surface area contributed by atoms with Gasteiger partial charge in [0.1, 0.15) is 5.82 Å². The molecule has 0 saturated carbocycles. The Kier molecular flexibility index (Phi) is 4.74. The fourth-order valence-electron chi connectivity index (χ4n) is 1.72. The highest BCUT2D eigenvalue weighted by molar-refractivity contribution is 9.10. The zero-order valence-electron chi connectivity index (χ0n) is 10.9. The molecule has 0 radical (unpaired) electrons. The van der Waals surface area contributed by atoms with Crippen molar-refractivity contribution >= 4 is 33.2 Å². The van der Waals surface area contributed by atoms with E-state index in [1.807, 2.05) is 25.1 Å². The molecule has 2 aromatic rings. The van der Waals surface area contributed by atoms with E-state index >= 15 is 0 Å². The van der Waals surface area contributed by atoms with Gasteiger partial charge in [-0.25, -0.2) is 4.39 Å². The van der Waals surface area contributed by atoms with Crippen molar-refractivity contribution in [1.29, 1.82) is 0 Å². The molecule has 0 bridgehead atoms. The van der Waals surface area contributed by atoms with Gasteiger partial charge in [0.05, 0.1) is 6.54 Å². The predicted molar refractivity (Wildman–Crippen MR) is 82.4 cm³/mol. The van der Waals surface area contributed by atoms with Gasteiger partial charge in [0.25, 0.3) is 0 Å². The molecule has 20 heavy (non-hydrogen) atoms. The number of carbonyl (C=O) groups excluding carboxylic acids is 1. The van der Waals surface area contributed by atoms with E-state index in [9.17, 15) is 9.18 Å². The average molecular weight is 337 g/mol. The van der Waals surface area contributed by atoms with Crippen LogP contribution in [0.1, 0.15) is 5.56 Å². The number of halogens is 2. The molecule has 1 amide bonds. The lowest BCUT2D eigenvalue weighted by Gasteiger charge is -2.10. The van der Waals surface area contributed by atoms with Crippen molar-refractivity contribution in [3.63, 3.8) is 0 Å². The minimum absolute atomic E-state index is 0.110. The quantitative estimate of drug-likeness (QED) is 0.887. The zero-order valence-corrected chi connectivity index (χ0v) is 12.5. The van der Waals surface area contributed by atoms with Crippen molar-refractivity contribution in [3.8, 4) is 0 Å². The van der Waals surface area contributed by atoms with Gasteiger partial charge in [0, 0.05) is 15.8 Å². The lowest BCUT2D eigenvalue weighted by atomic mass is 10.2. The van der Waals surface area contributed by atoms with Gasteiger partial charge < -0.3 is 10.6 Å². The van der Waals surface area contributed by atoms with Gasteiger partial charge in [-0.3, -0.25) is 4.79 Å². The van der Waals surface area contributed by atoms with Crippen molar-refractivity contribution < 1.29 is 9.18 Å². The Bertz CT molecular complexity index is 631. The summed E-state index contributed by atoms with van der Waals surface area (Å²) >= 11 is 3.41. The molecule has 104 valence electrons. The van der Waals surface area contributed by atoms with Crippen LogP contribution in [-0.2, 0) is 4.79 Å². The number of rotatable bonds is 4. The lowest BCUT2D eigenvalue weighted by molar-refractivity contribution is -0.114. The Morgan fingerprint density at radius 1 is 1.25 bits per heavy atom. The number of carbonyl (C=O) groups is 1. The molecular formula is C15H14BrFN2O. The van der Waals surface area contributed by atoms with Gasteiger partial charge in [-0.2, -0.15) is 0 Å². The van der Waals surface area contributed by atoms with E-state index in [4.69, 9.17) is 0 Å². The molecule has 0 aliphatic carbocycles. The van der Waals surface area contributed by atoms with Crippen LogP contribution in [-0.4, -0.2) is 12.5 Å². The van der Waals surface area contributed by atoms with Gasteiger partial charge in [-0.05, 0) is 58.7 Å². The Hall–Kier alpha value is -1.88. The number of anilines is 2. The summed E-state index contributed by atoms with van der Waals surface area (Å²) in [5.74, 6) is -0.610. The summed E-state index contributed by atoms with van der Waals surface area (Å²) in [5, 5.41) is 5.67. The van der Waals surface area contributed by atoms with Crippen LogP contribution in [0.15, 0.2) is 46.9 Å². The molecule has 2 N–H and O–H groups in total. The van der Waals surface area contributed by atoms with Gasteiger partial charge in [-0.1, -0.05) is 12.1 Å². The minimum Gasteiger partial charge on any atom is -0.375 e. The van der Waals surface area contributed by atoms with Gasteiger partial charge >= 0.3 is 0 Å². The normalized spacial score (nSPS) is 10.2. The molecule has 0 aliphatic rings. The fourth-order valence-corrected chi connectivity index (χ4v) is 2.11. The highest BCUT2D eigenvalue weighted by Crippen LogP contribution is 2.23. The summed E-state index contributed by atoms with van der Waals surface area (Å²) in [4.78, 5) is 11.8. The van der Waals surface area contributed by atoms with Gasteiger partial charge in [-0.15, -0.1) is 0 Å². The SMILES string of the molecule is Cc1ccc(Br)c(NCC(=O)Nc2cccc(F)c2)c1. The molecule has 0 fully saturated rings. The first-order valence-corrected chi connectivity index (χ1v) is 6.89. The highest BCUT2D eigenvalue weighted by atomic mass is 79.9. The van der Waals surface area contributed by atoms with Gasteiger partial charge in [0.15, 0.2) is 0 Å². The molecule has 0 atom stereocenters. The van der Waals surface area contributed by atoms with Crippen LogP contribution < -0.4 is 10.6 Å². The highest BCUT2D eigenvalue weighted by Gasteiger charge is 2.05. The molecule has 0 saturated heterocycles. The second kappa shape index (κ2) is 6.52. The maximum absolute atomic E-state index is 13.0. The molecule has 0 spiro atoms. The molecule has 3 nitrogen and oxygen atoms in total. The second-order valence-electron chi connectivity index (χ2n) is 4.40. The maximum atomic E-state index is 13.0. The topological polar surface area (TPSA) is 41.1 Å². The largest absolute Gasteiger partial charge is 0.375 e. The van der Waals surface area contributed by atoms with Crippen LogP contribution >= 0.6 is 15.9 Å². The molecule has 0 aliphatic heterocycles. The lowest BCUT2D eigenvalue weighted by Crippen LogP contribution is -2.21. The van der Waals surface area contributed by atoms with Crippen molar-refractivity contribution in [3.05, 3.63) is 58.3 Å². The number of amides is 1. The van der Waals surface area contributed by atoms with Crippen LogP contribution in [0.25, 0.3) is 0 Å². The Morgan fingerprint density at radius 3 is 2.80 bits per heavy atom. The summed E-state index contributed by atoms with van der Waals surface area (Å²) < 4.78 is 13.9. The standard InChI is InChI=1S/C15H14BrFN2O/c1-10-5-6-13(16)14(7-10)18-9-15(20)19-12-4-2-3-11(17)8-12/h2-8,18H,9H2,1H3,(H,19,20). The molecule has 2 aromatic carbocycles. The third-order valence-corrected chi connectivity index (χ3v) is 3.36. The van der Waals surface area contributed by atoms with E-state index in [0.29, 0.717) is 5.69 Å². The first-order valence-electron chi connectivity index (χ1n) is 6.10. The van der Waals surface area contributed by atoms with E-state index in [0.717, 1.165) is 15.7 Å². The number of aryl methyl sites for hydroxylation is 1. The zero-order chi connectivity index (χ0) is 14.5. The molecular weight excluding hydrogens is 323 g/mol. The van der Waals surface area contributed by atoms with Crippen LogP contribution in [0.4, 0.5) is 15.8 Å². The van der Waals surface area contributed by atoms with Crippen molar-refractivity contribution in [2.24, 2.45) is 0 Å². The number of hydrogen-bond acceptors (Lipinski definition) is 2. The van der Waals surface area contributed by atoms with Crippen molar-refractivity contribution in [2.45, 2.75) is 6.92 Å². The van der Waals surface area contributed by atoms with E-state index in [1.165, 1.54) is 12.1 Å². The minimum atomic E-state index is -0.378. The first-order chi connectivity index (χ1) is 9.54. The monoisotopic (exact) mass is 336 g/mol. The molecule has 0 unspecified atom stereocenters. The molecule has 2 rings (SSSR count). The maximum Gasteiger partial charge on any atom is 0.243 e. The second-order valence-corrected chi connectivity index (χ2v) is 5.25. The molecule has 5 heteroatoms. The summed E-state index contributed by atoms with van der Waals surface area (Å²) in [6.45, 7) is 2.09. The number of nitrogens with one attached hydrogen (secondary N) is 2. The summed E-state index contributed by atoms with van der Waals surface area (Å²) in [6, 6.07) is 11.6. The van der Waals surface area contributed by atoms with E-state index < -0.39 is 0 Å². The van der Waals surface area contributed by atoms with Crippen LogP contribution in [0.2, 0.25) is 0 Å². The molecule has 0 heterocycles. The average Bonchev–Trinajstić information content (AvgIpc) is 2.40. The van der Waals surface area contributed by atoms with Crippen molar-refractivity contribution in [1.82, 2.24) is 0 Å². The van der Waals surface area contributed by atoms with E-state index in [2.05, 4.69) is 26.6 Å². The Morgan fingerprint density at radius 2 is 2.05 bits per heavy atom.